The van der Waals surface area contributed by atoms with Crippen LogP contribution in [0.1, 0.15) is 15.9 Å². The molecule has 2 aromatic carbocycles. The minimum Gasteiger partial charge on any atom is -0.380 e. The molecule has 0 amide bonds. The second kappa shape index (κ2) is 5.22. The van der Waals surface area contributed by atoms with Crippen molar-refractivity contribution in [1.82, 2.24) is 4.98 Å². The lowest BCUT2D eigenvalue weighted by atomic mass is 9.90. The quantitative estimate of drug-likeness (QED) is 0.726. The minimum atomic E-state index is -1.04. The number of benzene rings is 2. The zero-order chi connectivity index (χ0) is 16.9. The predicted octanol–water partition coefficient (Wildman–Crippen LogP) is 3.14. The van der Waals surface area contributed by atoms with Crippen LogP contribution >= 0.6 is 0 Å². The van der Waals surface area contributed by atoms with E-state index in [2.05, 4.69) is 4.98 Å². The number of hydrogen-bond donors (Lipinski definition) is 2. The highest BCUT2D eigenvalue weighted by molar-refractivity contribution is 5.99. The lowest BCUT2D eigenvalue weighted by Crippen LogP contribution is -2.46. The van der Waals surface area contributed by atoms with Gasteiger partial charge in [-0.3, -0.25) is 4.79 Å². The zero-order valence-electron chi connectivity index (χ0n) is 12.5. The molecule has 24 heavy (non-hydrogen) atoms. The van der Waals surface area contributed by atoms with Gasteiger partial charge in [0.2, 0.25) is 0 Å². The van der Waals surface area contributed by atoms with Gasteiger partial charge in [-0.15, -0.1) is 0 Å². The summed E-state index contributed by atoms with van der Waals surface area (Å²) in [6.45, 7) is 0.403. The van der Waals surface area contributed by atoms with Gasteiger partial charge in [-0.25, -0.2) is 8.78 Å². The van der Waals surface area contributed by atoms with Crippen LogP contribution in [0.25, 0.3) is 22.0 Å². The number of aliphatic hydroxyl groups is 1. The molecule has 0 unspecified atom stereocenters. The Morgan fingerprint density at radius 3 is 2.50 bits per heavy atom. The van der Waals surface area contributed by atoms with E-state index in [0.29, 0.717) is 17.4 Å². The lowest BCUT2D eigenvalue weighted by Gasteiger charge is -2.36. The Labute approximate surface area is 135 Å². The largest absolute Gasteiger partial charge is 0.380 e. The Hall–Kier alpha value is -2.57. The van der Waals surface area contributed by atoms with E-state index in [1.165, 1.54) is 12.3 Å². The maximum atomic E-state index is 14.8. The molecule has 1 aliphatic heterocycles. The van der Waals surface area contributed by atoms with Crippen LogP contribution in [0, 0.1) is 11.6 Å². The van der Waals surface area contributed by atoms with Crippen molar-refractivity contribution in [2.75, 3.05) is 13.2 Å². The number of aromatic nitrogens is 1. The van der Waals surface area contributed by atoms with Gasteiger partial charge in [0.05, 0.1) is 24.3 Å². The van der Waals surface area contributed by atoms with Gasteiger partial charge < -0.3 is 14.8 Å². The number of aldehydes is 1. The first-order valence-electron chi connectivity index (χ1n) is 7.39. The monoisotopic (exact) mass is 329 g/mol. The van der Waals surface area contributed by atoms with Crippen molar-refractivity contribution in [3.8, 4) is 11.1 Å². The fourth-order valence-electron chi connectivity index (χ4n) is 3.01. The van der Waals surface area contributed by atoms with E-state index in [1.807, 2.05) is 0 Å². The molecule has 122 valence electrons. The Kier molecular flexibility index (Phi) is 3.26. The molecule has 1 saturated heterocycles. The summed E-state index contributed by atoms with van der Waals surface area (Å²) in [5, 5.41) is 10.3. The number of ether oxygens (including phenoxy) is 1. The zero-order valence-corrected chi connectivity index (χ0v) is 12.5. The third-order valence-corrected chi connectivity index (χ3v) is 4.41. The van der Waals surface area contributed by atoms with Crippen LogP contribution in [0.4, 0.5) is 8.78 Å². The molecule has 0 spiro atoms. The number of hydrogen-bond acceptors (Lipinski definition) is 3. The molecule has 2 heterocycles. The smallest absolute Gasteiger partial charge is 0.152 e. The normalized spacial score (nSPS) is 16.1. The summed E-state index contributed by atoms with van der Waals surface area (Å²) in [6, 6.07) is 7.51. The van der Waals surface area contributed by atoms with Crippen LogP contribution in [0.15, 0.2) is 36.5 Å². The molecule has 1 fully saturated rings. The summed E-state index contributed by atoms with van der Waals surface area (Å²) < 4.78 is 34.2. The first kappa shape index (κ1) is 15.0. The van der Waals surface area contributed by atoms with Crippen molar-refractivity contribution in [2.45, 2.75) is 5.60 Å². The molecule has 4 nitrogen and oxygen atoms in total. The van der Waals surface area contributed by atoms with Gasteiger partial charge in [-0.05, 0) is 17.2 Å². The van der Waals surface area contributed by atoms with E-state index in [9.17, 15) is 18.7 Å². The summed E-state index contributed by atoms with van der Waals surface area (Å²) in [7, 11) is 0. The topological polar surface area (TPSA) is 62.3 Å². The number of carbonyl (C=O) groups is 1. The lowest BCUT2D eigenvalue weighted by molar-refractivity contribution is -0.184. The number of halogens is 2. The molecule has 6 heteroatoms. The van der Waals surface area contributed by atoms with E-state index in [0.717, 1.165) is 0 Å². The number of fused-ring (bicyclic) bond motifs is 1. The van der Waals surface area contributed by atoms with Crippen molar-refractivity contribution in [2.24, 2.45) is 0 Å². The van der Waals surface area contributed by atoms with Gasteiger partial charge >= 0.3 is 0 Å². The van der Waals surface area contributed by atoms with Crippen molar-refractivity contribution in [3.63, 3.8) is 0 Å². The Morgan fingerprint density at radius 2 is 1.92 bits per heavy atom. The molecule has 4 rings (SSSR count). The van der Waals surface area contributed by atoms with E-state index in [4.69, 9.17) is 4.74 Å². The van der Waals surface area contributed by atoms with Gasteiger partial charge in [-0.1, -0.05) is 24.3 Å². The number of rotatable bonds is 3. The molecule has 0 aliphatic carbocycles. The summed E-state index contributed by atoms with van der Waals surface area (Å²) >= 11 is 0. The summed E-state index contributed by atoms with van der Waals surface area (Å²) in [5.74, 6) is -1.51. The van der Waals surface area contributed by atoms with Crippen LogP contribution in [-0.2, 0) is 10.3 Å². The molecular formula is C18H13F2NO3. The van der Waals surface area contributed by atoms with Crippen LogP contribution < -0.4 is 0 Å². The highest BCUT2D eigenvalue weighted by Crippen LogP contribution is 2.35. The van der Waals surface area contributed by atoms with Gasteiger partial charge in [0.15, 0.2) is 6.29 Å². The Morgan fingerprint density at radius 1 is 1.21 bits per heavy atom. The number of aromatic amines is 1. The van der Waals surface area contributed by atoms with Crippen molar-refractivity contribution in [3.05, 3.63) is 59.3 Å². The Bertz CT molecular complexity index is 943. The summed E-state index contributed by atoms with van der Waals surface area (Å²) in [6.07, 6.45) is 1.87. The maximum absolute atomic E-state index is 14.8. The molecule has 0 bridgehead atoms. The molecule has 0 saturated carbocycles. The summed E-state index contributed by atoms with van der Waals surface area (Å²) in [5.41, 5.74) is 0.0979. The third-order valence-electron chi connectivity index (χ3n) is 4.41. The van der Waals surface area contributed by atoms with Gasteiger partial charge in [-0.2, -0.15) is 0 Å². The van der Waals surface area contributed by atoms with Crippen molar-refractivity contribution < 1.29 is 23.4 Å². The van der Waals surface area contributed by atoms with Gasteiger partial charge in [0.25, 0.3) is 0 Å². The first-order valence-corrected chi connectivity index (χ1v) is 7.39. The van der Waals surface area contributed by atoms with E-state index < -0.39 is 17.2 Å². The molecule has 3 aromatic rings. The number of H-pyrrole nitrogens is 1. The van der Waals surface area contributed by atoms with Crippen LogP contribution in [-0.4, -0.2) is 29.6 Å². The van der Waals surface area contributed by atoms with Crippen molar-refractivity contribution in [1.29, 1.82) is 0 Å². The van der Waals surface area contributed by atoms with Gasteiger partial charge in [0.1, 0.15) is 17.2 Å². The van der Waals surface area contributed by atoms with Crippen LogP contribution in [0.2, 0.25) is 0 Å². The minimum absolute atomic E-state index is 0.0662. The van der Waals surface area contributed by atoms with Gasteiger partial charge in [0, 0.05) is 17.1 Å². The molecule has 0 radical (unpaired) electrons. The third kappa shape index (κ3) is 2.07. The second-order valence-corrected chi connectivity index (χ2v) is 5.93. The number of nitrogens with one attached hydrogen (secondary N) is 1. The predicted molar refractivity (Wildman–Crippen MR) is 83.8 cm³/mol. The highest BCUT2D eigenvalue weighted by Gasteiger charge is 2.37. The average molecular weight is 329 g/mol. The molecule has 1 aromatic heterocycles. The fourth-order valence-corrected chi connectivity index (χ4v) is 3.01. The SMILES string of the molecule is O=Cc1c[nH]c2cc(F)c(-c3ccc(C4(O)COC4)cc3)c(F)c12. The van der Waals surface area contributed by atoms with E-state index in [1.54, 1.807) is 24.3 Å². The molecule has 2 N–H and O–H groups in total. The first-order chi connectivity index (χ1) is 11.5. The molecular weight excluding hydrogens is 316 g/mol. The standard InChI is InChI=1S/C18H13F2NO3/c19-13-5-14-16(11(7-22)6-21-14)17(20)15(13)10-1-3-12(4-2-10)18(23)8-24-9-18/h1-7,21,23H,8-9H2. The Balaban J connectivity index is 1.85. The average Bonchev–Trinajstić information content (AvgIpc) is 2.96. The van der Waals surface area contributed by atoms with E-state index in [-0.39, 0.29) is 35.2 Å². The van der Waals surface area contributed by atoms with E-state index >= 15 is 0 Å². The van der Waals surface area contributed by atoms with Crippen LogP contribution in [0.3, 0.4) is 0 Å². The highest BCUT2D eigenvalue weighted by atomic mass is 19.1. The second-order valence-electron chi connectivity index (χ2n) is 5.93. The number of carbonyl (C=O) groups excluding carboxylic acids is 1. The van der Waals surface area contributed by atoms with Crippen molar-refractivity contribution >= 4 is 17.2 Å². The summed E-state index contributed by atoms with van der Waals surface area (Å²) in [4.78, 5) is 13.7. The fraction of sp³-hybridized carbons (Fsp3) is 0.167. The molecule has 0 atom stereocenters. The maximum Gasteiger partial charge on any atom is 0.152 e. The van der Waals surface area contributed by atoms with Crippen LogP contribution in [0.5, 0.6) is 0 Å². The molecule has 1 aliphatic rings.